The second-order valence-corrected chi connectivity index (χ2v) is 6.82. The number of hydrogen-bond acceptors (Lipinski definition) is 4. The van der Waals surface area contributed by atoms with Crippen LogP contribution in [0.4, 0.5) is 0 Å². The smallest absolute Gasteiger partial charge is 0.309 e. The van der Waals surface area contributed by atoms with Crippen LogP contribution in [0.5, 0.6) is 5.75 Å². The minimum Gasteiger partial charge on any atom is -0.489 e. The largest absolute Gasteiger partial charge is 0.489 e. The average Bonchev–Trinajstić information content (AvgIpc) is 2.85. The number of pyridine rings is 1. The third-order valence-corrected chi connectivity index (χ3v) is 3.85. The van der Waals surface area contributed by atoms with E-state index < -0.39 is 5.60 Å². The van der Waals surface area contributed by atoms with Crippen LogP contribution >= 0.6 is 0 Å². The highest BCUT2D eigenvalue weighted by atomic mass is 16.6. The van der Waals surface area contributed by atoms with Crippen LogP contribution in [0.3, 0.4) is 0 Å². The zero-order valence-corrected chi connectivity index (χ0v) is 13.3. The molecule has 0 aromatic carbocycles. The monoisotopic (exact) mass is 291 g/mol. The summed E-state index contributed by atoms with van der Waals surface area (Å²) in [7, 11) is 0. The lowest BCUT2D eigenvalue weighted by Gasteiger charge is -2.25. The molecule has 1 aliphatic rings. The van der Waals surface area contributed by atoms with Gasteiger partial charge in [0.15, 0.2) is 0 Å². The lowest BCUT2D eigenvalue weighted by molar-refractivity contribution is -0.161. The number of esters is 1. The fourth-order valence-corrected chi connectivity index (χ4v) is 2.73. The normalized spacial score (nSPS) is 23.6. The molecule has 1 fully saturated rings. The van der Waals surface area contributed by atoms with E-state index in [1.165, 1.54) is 0 Å². The van der Waals surface area contributed by atoms with Gasteiger partial charge >= 0.3 is 5.97 Å². The number of rotatable bonds is 4. The molecule has 0 radical (unpaired) electrons. The maximum absolute atomic E-state index is 12.1. The van der Waals surface area contributed by atoms with Gasteiger partial charge in [0.25, 0.3) is 0 Å². The van der Waals surface area contributed by atoms with Crippen LogP contribution in [-0.2, 0) is 9.53 Å². The SMILES string of the molecule is CC(C(=O)OC(C)(C)C)[C@H]1CCC(Oc2cccnc2)C1. The Morgan fingerprint density at radius 3 is 2.76 bits per heavy atom. The number of aromatic nitrogens is 1. The first kappa shape index (κ1) is 15.8. The number of carbonyl (C=O) groups excluding carboxylic acids is 1. The summed E-state index contributed by atoms with van der Waals surface area (Å²) in [6.45, 7) is 7.67. The van der Waals surface area contributed by atoms with E-state index in [1.54, 1.807) is 12.4 Å². The third kappa shape index (κ3) is 4.73. The quantitative estimate of drug-likeness (QED) is 0.795. The second kappa shape index (κ2) is 6.46. The zero-order chi connectivity index (χ0) is 15.5. The van der Waals surface area contributed by atoms with Crippen molar-refractivity contribution in [1.29, 1.82) is 0 Å². The first-order chi connectivity index (χ1) is 9.85. The van der Waals surface area contributed by atoms with E-state index in [-0.39, 0.29) is 18.0 Å². The Hall–Kier alpha value is -1.58. The van der Waals surface area contributed by atoms with Gasteiger partial charge in [0.05, 0.1) is 18.2 Å². The molecular weight excluding hydrogens is 266 g/mol. The van der Waals surface area contributed by atoms with Crippen molar-refractivity contribution in [2.45, 2.75) is 58.7 Å². The van der Waals surface area contributed by atoms with Gasteiger partial charge in [-0.1, -0.05) is 6.92 Å². The van der Waals surface area contributed by atoms with Gasteiger partial charge in [0.2, 0.25) is 0 Å². The summed E-state index contributed by atoms with van der Waals surface area (Å²) < 4.78 is 11.4. The maximum Gasteiger partial charge on any atom is 0.309 e. The van der Waals surface area contributed by atoms with E-state index in [0.29, 0.717) is 5.92 Å². The fourth-order valence-electron chi connectivity index (χ4n) is 2.73. The average molecular weight is 291 g/mol. The van der Waals surface area contributed by atoms with Gasteiger partial charge in [0.1, 0.15) is 11.4 Å². The van der Waals surface area contributed by atoms with Crippen molar-refractivity contribution in [3.05, 3.63) is 24.5 Å². The molecule has 1 heterocycles. The van der Waals surface area contributed by atoms with Crippen LogP contribution in [0.1, 0.15) is 47.0 Å². The molecule has 1 saturated carbocycles. The maximum atomic E-state index is 12.1. The molecular formula is C17H25NO3. The lowest BCUT2D eigenvalue weighted by atomic mass is 9.92. The first-order valence-corrected chi connectivity index (χ1v) is 7.64. The molecule has 0 aliphatic heterocycles. The minimum atomic E-state index is -0.421. The molecule has 2 unspecified atom stereocenters. The molecule has 1 aromatic rings. The summed E-state index contributed by atoms with van der Waals surface area (Å²) in [4.78, 5) is 16.2. The summed E-state index contributed by atoms with van der Waals surface area (Å²) in [5.41, 5.74) is -0.421. The van der Waals surface area contributed by atoms with Crippen molar-refractivity contribution < 1.29 is 14.3 Å². The van der Waals surface area contributed by atoms with Crippen LogP contribution in [0.25, 0.3) is 0 Å². The van der Waals surface area contributed by atoms with Crippen LogP contribution in [0, 0.1) is 11.8 Å². The van der Waals surface area contributed by atoms with Gasteiger partial charge in [-0.2, -0.15) is 0 Å². The number of carbonyl (C=O) groups is 1. The van der Waals surface area contributed by atoms with Crippen molar-refractivity contribution >= 4 is 5.97 Å². The Kier molecular flexibility index (Phi) is 4.86. The number of nitrogens with zero attached hydrogens (tertiary/aromatic N) is 1. The number of ether oxygens (including phenoxy) is 2. The van der Waals surface area contributed by atoms with Crippen LogP contribution < -0.4 is 4.74 Å². The molecule has 1 aliphatic carbocycles. The Morgan fingerprint density at radius 1 is 1.38 bits per heavy atom. The van der Waals surface area contributed by atoms with Crippen molar-refractivity contribution in [3.63, 3.8) is 0 Å². The predicted molar refractivity (Wildman–Crippen MR) is 81.0 cm³/mol. The summed E-state index contributed by atoms with van der Waals surface area (Å²) in [5.74, 6) is 0.954. The summed E-state index contributed by atoms with van der Waals surface area (Å²) in [5, 5.41) is 0. The topological polar surface area (TPSA) is 48.4 Å². The molecule has 0 N–H and O–H groups in total. The molecule has 0 amide bonds. The summed E-state index contributed by atoms with van der Waals surface area (Å²) >= 11 is 0. The standard InChI is InChI=1S/C17H25NO3/c1-12(16(19)21-17(2,3)4)13-7-8-14(10-13)20-15-6-5-9-18-11-15/h5-6,9,11-14H,7-8,10H2,1-4H3/t12?,13-,14?/m0/s1. The van der Waals surface area contributed by atoms with Crippen LogP contribution in [0.15, 0.2) is 24.5 Å². The highest BCUT2D eigenvalue weighted by molar-refractivity contribution is 5.72. The van der Waals surface area contributed by atoms with Gasteiger partial charge in [-0.15, -0.1) is 0 Å². The Bertz CT molecular complexity index is 467. The fraction of sp³-hybridized carbons (Fsp3) is 0.647. The van der Waals surface area contributed by atoms with Crippen molar-refractivity contribution in [2.75, 3.05) is 0 Å². The molecule has 3 atom stereocenters. The minimum absolute atomic E-state index is 0.0771. The summed E-state index contributed by atoms with van der Waals surface area (Å²) in [6.07, 6.45) is 6.51. The van der Waals surface area contributed by atoms with Gasteiger partial charge in [-0.3, -0.25) is 9.78 Å². The van der Waals surface area contributed by atoms with Gasteiger partial charge < -0.3 is 9.47 Å². The van der Waals surface area contributed by atoms with Crippen molar-refractivity contribution in [2.24, 2.45) is 11.8 Å². The van der Waals surface area contributed by atoms with Crippen LogP contribution in [0.2, 0.25) is 0 Å². The number of hydrogen-bond donors (Lipinski definition) is 0. The molecule has 4 heteroatoms. The van der Waals surface area contributed by atoms with Crippen LogP contribution in [-0.4, -0.2) is 22.7 Å². The molecule has 21 heavy (non-hydrogen) atoms. The zero-order valence-electron chi connectivity index (χ0n) is 13.3. The molecule has 0 spiro atoms. The van der Waals surface area contributed by atoms with Gasteiger partial charge in [-0.25, -0.2) is 0 Å². The molecule has 2 rings (SSSR count). The van der Waals surface area contributed by atoms with Gasteiger partial charge in [0, 0.05) is 6.20 Å². The van der Waals surface area contributed by atoms with Crippen molar-refractivity contribution in [1.82, 2.24) is 4.98 Å². The Balaban J connectivity index is 1.85. The van der Waals surface area contributed by atoms with E-state index in [9.17, 15) is 4.79 Å². The third-order valence-electron chi connectivity index (χ3n) is 3.85. The van der Waals surface area contributed by atoms with E-state index in [4.69, 9.17) is 9.47 Å². The molecule has 0 bridgehead atoms. The predicted octanol–water partition coefficient (Wildman–Crippen LogP) is 3.61. The molecule has 116 valence electrons. The first-order valence-electron chi connectivity index (χ1n) is 7.64. The highest BCUT2D eigenvalue weighted by Crippen LogP contribution is 2.35. The molecule has 0 saturated heterocycles. The van der Waals surface area contributed by atoms with E-state index in [2.05, 4.69) is 4.98 Å². The van der Waals surface area contributed by atoms with E-state index >= 15 is 0 Å². The Morgan fingerprint density at radius 2 is 2.14 bits per heavy atom. The second-order valence-electron chi connectivity index (χ2n) is 6.82. The molecule has 1 aromatic heterocycles. The molecule has 4 nitrogen and oxygen atoms in total. The Labute approximate surface area is 126 Å². The lowest BCUT2D eigenvalue weighted by Crippen LogP contribution is -2.30. The summed E-state index contributed by atoms with van der Waals surface area (Å²) in [6, 6.07) is 3.78. The van der Waals surface area contributed by atoms with E-state index in [1.807, 2.05) is 39.8 Å². The van der Waals surface area contributed by atoms with Gasteiger partial charge in [-0.05, 0) is 58.1 Å². The van der Waals surface area contributed by atoms with E-state index in [0.717, 1.165) is 25.0 Å². The highest BCUT2D eigenvalue weighted by Gasteiger charge is 2.35. The van der Waals surface area contributed by atoms with Crippen molar-refractivity contribution in [3.8, 4) is 5.75 Å².